The number of anilines is 1. The number of nitrogen functional groups attached to an aromatic ring is 1. The number of nitrogens with zero attached hydrogens (tertiary/aromatic N) is 9. The molecule has 8 aromatic carbocycles. The van der Waals surface area contributed by atoms with E-state index in [2.05, 4.69) is 119 Å². The van der Waals surface area contributed by atoms with Crippen LogP contribution in [0.3, 0.4) is 0 Å². The zero-order chi connectivity index (χ0) is 85.6. The minimum atomic E-state index is -1.89. The van der Waals surface area contributed by atoms with Crippen LogP contribution in [-0.4, -0.2) is 94.5 Å². The maximum absolute atomic E-state index is 11.3. The molecule has 32 nitrogen and oxygen atoms in total. The molecule has 629 valence electrons. The zero-order valence-corrected chi connectivity index (χ0v) is 76.3. The first-order chi connectivity index (χ1) is 53.0. The molecule has 3 N–H and O–H groups in total. The molecule has 0 amide bonds. The first-order valence-electron chi connectivity index (χ1n) is 31.5. The van der Waals surface area contributed by atoms with Crippen LogP contribution in [0.4, 0.5) is 28.4 Å². The van der Waals surface area contributed by atoms with E-state index >= 15 is 0 Å². The van der Waals surface area contributed by atoms with Gasteiger partial charge < -0.3 is 71.7 Å². The summed E-state index contributed by atoms with van der Waals surface area (Å²) in [6, 6.07) is 61.0. The first kappa shape index (κ1) is 125. The van der Waals surface area contributed by atoms with Crippen molar-refractivity contribution < 1.29 is 153 Å². The number of nitro benzene ring substituents is 4. The summed E-state index contributed by atoms with van der Waals surface area (Å²) in [6.45, 7) is 32.7. The summed E-state index contributed by atoms with van der Waals surface area (Å²) < 4.78 is 0. The van der Waals surface area contributed by atoms with Gasteiger partial charge in [0.25, 0.3) is 27.8 Å². The van der Waals surface area contributed by atoms with Gasteiger partial charge in [-0.25, -0.2) is 0 Å². The minimum absolute atomic E-state index is 0. The first-order valence-corrected chi connectivity index (χ1v) is 40.8. The second kappa shape index (κ2) is 70.3. The van der Waals surface area contributed by atoms with E-state index in [4.69, 9.17) is 112 Å². The van der Waals surface area contributed by atoms with Crippen LogP contribution in [0.25, 0.3) is 0 Å². The molecule has 0 spiro atoms. The maximum atomic E-state index is 11.3. The standard InChI is InChI=1S/C19H21NO2P.2C18H18ClNO2P.C12H15P.C6H5ClN2O2.CH4.Ag.ClH.FH.K.HNO3.3NO3.HNO2.Na/c1-4-13-23(14-5-2,17-9-7-6-8-10-17)18-12-11-16(3)19(15-18)20(21)22;2*1-3-12-23(13-4-2,15-8-6-5-7-9-15)16-10-11-17(19)18(14-16)20(21)22;1-3-10-13(11-4-2)12-8-6-5-7-9-12;7-5-2-1-4(8)3-6(5)9(10)11;;;;;;4*2-1(3)4;2-1-3;/h4-12,15H,1-2,13-14H2,3H3;2*3-11,14H,1-2,12-13H2;3-9H,1-2,10-11H2;1-3H,8H2;1H4;;2*1H;;(H,2,3,4);;;;(H,2,3);/q3*+1;;;;;;;+1;;3*-1;;+1/p-2/i;;;;;;;;1-1;;;;;;;. The van der Waals surface area contributed by atoms with Crippen LogP contribution in [0, 0.1) is 114 Å². The van der Waals surface area contributed by atoms with Crippen LogP contribution < -0.4 is 129 Å². The van der Waals surface area contributed by atoms with Crippen molar-refractivity contribution in [1.29, 1.82) is 0 Å². The molecule has 118 heavy (non-hydrogen) atoms. The smallest absolute Gasteiger partial charge is 1.00 e. The summed E-state index contributed by atoms with van der Waals surface area (Å²) in [6.07, 6.45) is 22.1. The van der Waals surface area contributed by atoms with Gasteiger partial charge in [-0.05, 0) is 109 Å². The number of rotatable bonds is 27. The topological polar surface area (TPSA) is 513 Å². The van der Waals surface area contributed by atoms with Gasteiger partial charge in [0.1, 0.15) is 31.0 Å². The molecule has 0 fully saturated rings. The van der Waals surface area contributed by atoms with E-state index in [1.165, 1.54) is 39.4 Å². The predicted octanol–water partition coefficient (Wildman–Crippen LogP) is 9.67. The van der Waals surface area contributed by atoms with Gasteiger partial charge in [0, 0.05) is 39.7 Å². The van der Waals surface area contributed by atoms with Crippen LogP contribution in [0.1, 0.15) is 13.0 Å². The normalized spacial score (nSPS) is 9.33. The van der Waals surface area contributed by atoms with Gasteiger partial charge in [-0.2, -0.15) is 0 Å². The predicted molar refractivity (Wildman–Crippen MR) is 471 cm³/mol. The van der Waals surface area contributed by atoms with E-state index in [0.717, 1.165) is 70.5 Å². The van der Waals surface area contributed by atoms with Gasteiger partial charge in [0.05, 0.1) is 128 Å². The Bertz CT molecular complexity index is 4070. The molecule has 0 heterocycles. The van der Waals surface area contributed by atoms with Gasteiger partial charge in [-0.1, -0.05) is 223 Å². The SMILES string of the molecule is C.C=CCP(CC=C)c1ccccc1.C=CC[P+](CC=C)(c1ccccc1)c1ccc(C)c([N+](=O)[O-])c1.C=CC[P+](CC=C)(c1ccccc1)c1ccc(Cl)c([N+](=O)[O-])c1.C=CC[P+](CC=C)(c1ccccc1)c1ccc(Cl)c([N+](=O)[O-])c1.Cl.Nc1ccc(Cl)c([N+](=O)[O-])c1.O=N[O-].O=[N+]([O-])O.O=[N+]([O-])[O-].O=[N+]([O-])[O-].O=[N+]([O-])[O-].[18F-].[Ag].[K+].[Na+]. The number of hydrogen-bond acceptors (Lipinski definition) is 23. The summed E-state index contributed by atoms with van der Waals surface area (Å²) in [5.41, 5.74) is 6.22. The average Bonchev–Trinajstić information content (AvgIpc) is 0.785. The van der Waals surface area contributed by atoms with Crippen LogP contribution in [0.15, 0.2) is 301 Å². The van der Waals surface area contributed by atoms with Gasteiger partial charge in [0.15, 0.2) is 0 Å². The van der Waals surface area contributed by atoms with Crippen LogP contribution >= 0.6 is 76.9 Å². The van der Waals surface area contributed by atoms with Crippen LogP contribution in [0.2, 0.25) is 15.1 Å². The number of allylic oxidation sites excluding steroid dienone is 8. The van der Waals surface area contributed by atoms with Gasteiger partial charge in [0.2, 0.25) is 0 Å². The van der Waals surface area contributed by atoms with Crippen molar-refractivity contribution in [1.82, 2.24) is 0 Å². The molecule has 0 unspecified atom stereocenters. The third kappa shape index (κ3) is 46.7. The zero-order valence-electron chi connectivity index (χ0n) is 63.0. The largest absolute Gasteiger partial charge is 1.00 e. The molecule has 44 heteroatoms. The molecule has 0 saturated carbocycles. The molecule has 0 aliphatic rings. The minimum Gasteiger partial charge on any atom is -1.00 e. The van der Waals surface area contributed by atoms with Crippen molar-refractivity contribution in [2.75, 3.05) is 55.0 Å². The van der Waals surface area contributed by atoms with Crippen molar-refractivity contribution >= 4 is 142 Å². The maximum Gasteiger partial charge on any atom is 1.00 e. The Morgan fingerprint density at radius 1 is 0.407 bits per heavy atom. The number of hydrogen-bond donors (Lipinski definition) is 2. The summed E-state index contributed by atoms with van der Waals surface area (Å²) in [7, 11) is -5.69. The Morgan fingerprint density at radius 2 is 0.619 bits per heavy atom. The Morgan fingerprint density at radius 3 is 0.839 bits per heavy atom. The Balaban J connectivity index is -0.000000203. The molecule has 0 bridgehead atoms. The molecule has 1 radical (unpaired) electrons. The Labute approximate surface area is 784 Å². The van der Waals surface area contributed by atoms with E-state index in [0.29, 0.717) is 11.3 Å². The number of aryl methyl sites for hydroxylation is 1. The van der Waals surface area contributed by atoms with E-state index < -0.39 is 56.9 Å². The fourth-order valence-corrected chi connectivity index (χ4v) is 23.5. The number of nitro groups is 4. The van der Waals surface area contributed by atoms with Gasteiger partial charge in [-0.15, -0.1) is 41.0 Å². The summed E-state index contributed by atoms with van der Waals surface area (Å²) in [5, 5.41) is 119. The van der Waals surface area contributed by atoms with Crippen molar-refractivity contribution in [3.63, 3.8) is 0 Å². The molecule has 8 aromatic rings. The second-order valence-corrected chi connectivity index (χ2v) is 36.2. The van der Waals surface area contributed by atoms with Crippen molar-refractivity contribution in [2.45, 2.75) is 14.4 Å². The third-order valence-corrected chi connectivity index (χ3v) is 30.8. The summed E-state index contributed by atoms with van der Waals surface area (Å²) >= 11 is 17.4. The number of nitrogens with two attached hydrogens (primary N) is 1. The number of halogens is 5. The third-order valence-electron chi connectivity index (χ3n) is 14.5. The van der Waals surface area contributed by atoms with E-state index in [9.17, 15) is 40.5 Å². The van der Waals surface area contributed by atoms with Crippen molar-refractivity contribution in [3.8, 4) is 0 Å². The summed E-state index contributed by atoms with van der Waals surface area (Å²) in [5.74, 6) is 0. The molecular formula is C74H83AgCl4FKN10NaO22P4. The molecule has 0 saturated heterocycles. The monoisotopic (exact) mass is 1910 g/mol. The second-order valence-electron chi connectivity index (χ2n) is 21.5. The van der Waals surface area contributed by atoms with E-state index in [1.807, 2.05) is 127 Å². The fourth-order valence-electron chi connectivity index (χ4n) is 10.2. The Hall–Kier alpha value is -8.53. The molecular weight excluding hydrogens is 1830 g/mol. The van der Waals surface area contributed by atoms with Gasteiger partial charge >= 0.3 is 80.9 Å². The van der Waals surface area contributed by atoms with E-state index in [1.54, 1.807) is 37.3 Å². The number of benzene rings is 8. The van der Waals surface area contributed by atoms with Gasteiger partial charge in [-0.3, -0.25) is 40.5 Å². The molecule has 0 atom stereocenters. The van der Waals surface area contributed by atoms with Crippen molar-refractivity contribution in [2.24, 2.45) is 5.34 Å². The fraction of sp³-hybridized carbons (Fsp3) is 0.135. The molecule has 0 aromatic heterocycles. The van der Waals surface area contributed by atoms with Crippen molar-refractivity contribution in [3.05, 3.63) is 423 Å². The molecule has 8 rings (SSSR count). The van der Waals surface area contributed by atoms with Crippen LogP contribution in [-0.2, 0) is 22.4 Å². The van der Waals surface area contributed by atoms with Crippen LogP contribution in [0.5, 0.6) is 0 Å². The quantitative estimate of drug-likeness (QED) is 0.00919. The molecule has 0 aliphatic heterocycles. The van der Waals surface area contributed by atoms with E-state index in [-0.39, 0.29) is 179 Å². The molecule has 0 aliphatic carbocycles. The summed E-state index contributed by atoms with van der Waals surface area (Å²) in [4.78, 5) is 83.4. The average molecular weight is 1920 g/mol. The Kier molecular flexibility index (Phi) is 74.5.